The first-order valence-electron chi connectivity index (χ1n) is 56.8. The third kappa shape index (κ3) is 29.7. The van der Waals surface area contributed by atoms with Crippen LogP contribution in [-0.4, -0.2) is 349 Å². The fourth-order valence-corrected chi connectivity index (χ4v) is 31.5. The van der Waals surface area contributed by atoms with Crippen molar-refractivity contribution in [2.24, 2.45) is 139 Å². The van der Waals surface area contributed by atoms with Crippen LogP contribution in [0.5, 0.6) is 0 Å². The molecule has 0 aromatic heterocycles. The molecule has 0 spiro atoms. The van der Waals surface area contributed by atoms with Gasteiger partial charge in [-0.3, -0.25) is 24.1 Å². The van der Waals surface area contributed by atoms with Crippen molar-refractivity contribution in [2.45, 2.75) is 314 Å². The molecule has 36 heteroatoms. The summed E-state index contributed by atoms with van der Waals surface area (Å²) in [5, 5.41) is 64.6. The van der Waals surface area contributed by atoms with Gasteiger partial charge in [0.25, 0.3) is 0 Å². The number of rotatable bonds is 19. The number of carbonyl (C=O) groups excluding carboxylic acids is 9. The zero-order valence-corrected chi connectivity index (χ0v) is 91.6. The Hall–Kier alpha value is -9.46. The molecule has 826 valence electrons. The van der Waals surface area contributed by atoms with Gasteiger partial charge in [-0.05, 0) is 239 Å². The van der Waals surface area contributed by atoms with Crippen LogP contribution in [0.3, 0.4) is 0 Å². The normalized spacial score (nSPS) is 32.8. The van der Waals surface area contributed by atoms with Crippen molar-refractivity contribution >= 4 is 72.2 Å². The Bertz CT molecular complexity index is 4580. The van der Waals surface area contributed by atoms with Gasteiger partial charge >= 0.3 is 60.3 Å². The van der Waals surface area contributed by atoms with Crippen molar-refractivity contribution < 1.29 is 83.1 Å². The standard InChI is InChI=1S/C25H40N4O2.C18H29N5O2.C18H29N3O.C18H30N2O3.C18H30N2O2.C11H17N3O.C4H6O6/c1-26-22-10-7-13-29(22)23(30)11-12-25(14-19-8-5-4-6-9-19)15-20-17-28(18-21(20)16-25)24(31)27(2)3;1-22(2)17(25)23-11-14-9-18(10-15(14)12-23,16(24)20-21-19)8-13-6-4-3-5-7-13;1-20(2)17(22)21-11-15-9-18(13-19,10-16(15)12-21)8-14-6-4-3-5-7-14;1-19(2)17(23)20-11-14-9-18(16(21)22,10-15(14)12-20)8-13-6-4-3-5-7-13;1-19(2)17(22)20-11-15-9-18(13-21,10-16(15)12-20)8-14-6-4-3-5-7-14;1-13(2)11(15)14-6-9-3-8(5-12)4-10(9)7-14;5-1(3(7)8)2(6)4(9)10/h19-22H,4-18H2,2-3H3;13-15H,3-12H2,1-2H3;14-16H,3-12H2,1-2H3;13-15H,3-12H2,1-2H3,(H,21,22);13-16H,3-12H2,1-2H3;8-10H,3-4,6-7H2,1-2H3;1-2,5-6H,(H,7,8)(H,9,10)/t20-,21+,22-,25?;14-,15+,18?;15-,16+,18?;14-,15+,18?;15-,16+,18?;8?,9-,10+;/m0....../s1. The Morgan fingerprint density at radius 3 is 0.980 bits per heavy atom. The highest BCUT2D eigenvalue weighted by molar-refractivity contribution is 5.85. The predicted octanol–water partition coefficient (Wildman–Crippen LogP) is 17.2. The number of hydrogen-bond acceptors (Lipinski definition) is 16. The fraction of sp³-hybridized carbons (Fsp3) is 0.866. The maximum absolute atomic E-state index is 13.0. The lowest BCUT2D eigenvalue weighted by Crippen LogP contribution is -2.40. The molecule has 148 heavy (non-hydrogen) atoms. The molecule has 14 amide bonds. The quantitative estimate of drug-likeness (QED) is 0.0264. The number of aldehydes is 1. The molecule has 0 aromatic rings. The molecule has 21 atom stereocenters. The van der Waals surface area contributed by atoms with Crippen LogP contribution in [0.4, 0.5) is 28.8 Å². The van der Waals surface area contributed by atoms with Gasteiger partial charge in [-0.25, -0.2) is 44.9 Å². The lowest BCUT2D eigenvalue weighted by atomic mass is 9.70. The maximum atomic E-state index is 13.0. The molecule has 18 aliphatic rings. The van der Waals surface area contributed by atoms with Crippen molar-refractivity contribution in [2.75, 3.05) is 170 Å². The molecular weight excluding hydrogens is 1880 g/mol. The summed E-state index contributed by atoms with van der Waals surface area (Å²) >= 11 is 0. The van der Waals surface area contributed by atoms with E-state index >= 15 is 0 Å². The highest BCUT2D eigenvalue weighted by Crippen LogP contribution is 2.60. The van der Waals surface area contributed by atoms with Gasteiger partial charge in [0.1, 0.15) is 6.29 Å². The number of nitrogens with zero attached hydrogens (tertiary/aromatic N) is 19. The summed E-state index contributed by atoms with van der Waals surface area (Å²) in [6.07, 6.45) is 49.1. The van der Waals surface area contributed by atoms with E-state index in [0.717, 1.165) is 212 Å². The van der Waals surface area contributed by atoms with E-state index in [1.807, 2.05) is 76.6 Å². The molecule has 7 aliphatic heterocycles. The molecular formula is C112H181N19O17. The summed E-state index contributed by atoms with van der Waals surface area (Å²) in [5.74, 6) is 5.49. The number of aliphatic carboxylic acids is 3. The average molecular weight is 2070 g/mol. The Morgan fingerprint density at radius 1 is 0.392 bits per heavy atom. The van der Waals surface area contributed by atoms with Gasteiger partial charge in [0.05, 0.1) is 23.0 Å². The number of azide groups is 1. The zero-order chi connectivity index (χ0) is 107. The molecule has 7 heterocycles. The second-order valence-electron chi connectivity index (χ2n) is 50.6. The number of urea groups is 6. The fourth-order valence-electron chi connectivity index (χ4n) is 31.5. The molecule has 8 unspecified atom stereocenters. The van der Waals surface area contributed by atoms with E-state index < -0.39 is 40.9 Å². The summed E-state index contributed by atoms with van der Waals surface area (Å²) in [4.78, 5) is 172. The first kappa shape index (κ1) is 117. The smallest absolute Gasteiger partial charge is 0.335 e. The van der Waals surface area contributed by atoms with Crippen LogP contribution < -0.4 is 0 Å². The minimum atomic E-state index is -2.27. The summed E-state index contributed by atoms with van der Waals surface area (Å²) in [7, 11) is 21.6. The van der Waals surface area contributed by atoms with Gasteiger partial charge in [0.2, 0.25) is 11.8 Å². The number of amides is 14. The van der Waals surface area contributed by atoms with Crippen molar-refractivity contribution in [1.29, 1.82) is 10.5 Å². The highest BCUT2D eigenvalue weighted by Gasteiger charge is 2.59. The molecule has 36 nitrogen and oxygen atoms in total. The zero-order valence-electron chi connectivity index (χ0n) is 91.6. The number of aliphatic hydroxyl groups is 2. The van der Waals surface area contributed by atoms with E-state index in [-0.39, 0.29) is 76.3 Å². The lowest BCUT2D eigenvalue weighted by molar-refractivity contribution is -0.165. The van der Waals surface area contributed by atoms with Crippen LogP contribution in [0.2, 0.25) is 0 Å². The van der Waals surface area contributed by atoms with Crippen LogP contribution in [0, 0.1) is 163 Å². The number of hydrogen-bond donors (Lipinski definition) is 5. The number of likely N-dealkylation sites (tertiary alicyclic amines) is 7. The van der Waals surface area contributed by atoms with Crippen molar-refractivity contribution in [3.8, 4) is 12.1 Å². The summed E-state index contributed by atoms with van der Waals surface area (Å²) < 4.78 is 0. The van der Waals surface area contributed by atoms with Gasteiger partial charge in [-0.1, -0.05) is 161 Å². The summed E-state index contributed by atoms with van der Waals surface area (Å²) in [6, 6.07) is 5.67. The van der Waals surface area contributed by atoms with Crippen LogP contribution in [0.15, 0.2) is 5.11 Å². The molecule has 0 aromatic carbocycles. The maximum Gasteiger partial charge on any atom is 0.335 e. The number of carboxylic acids is 3. The van der Waals surface area contributed by atoms with Crippen molar-refractivity contribution in [1.82, 2.24) is 63.7 Å². The highest BCUT2D eigenvalue weighted by atomic mass is 16.4. The minimum Gasteiger partial charge on any atom is -0.481 e. The number of aliphatic hydroxyl groups excluding tert-OH is 2. The van der Waals surface area contributed by atoms with E-state index in [1.165, 1.54) is 186 Å². The Labute approximate surface area is 880 Å². The Morgan fingerprint density at radius 2 is 0.682 bits per heavy atom. The first-order chi connectivity index (χ1) is 70.4. The van der Waals surface area contributed by atoms with Gasteiger partial charge in [-0.15, -0.1) is 0 Å². The monoisotopic (exact) mass is 2060 g/mol. The Balaban J connectivity index is 0.000000156. The summed E-state index contributed by atoms with van der Waals surface area (Å²) in [5.41, 5.74) is 7.85. The summed E-state index contributed by atoms with van der Waals surface area (Å²) in [6.45, 7) is 17.9. The van der Waals surface area contributed by atoms with Crippen LogP contribution in [0.1, 0.15) is 295 Å². The van der Waals surface area contributed by atoms with Gasteiger partial charge < -0.3 is 89.1 Å². The van der Waals surface area contributed by atoms with E-state index in [9.17, 15) is 67.9 Å². The van der Waals surface area contributed by atoms with E-state index in [0.29, 0.717) is 89.3 Å². The van der Waals surface area contributed by atoms with Crippen LogP contribution in [0.25, 0.3) is 15.3 Å². The predicted molar refractivity (Wildman–Crippen MR) is 560 cm³/mol. The first-order valence-corrected chi connectivity index (χ1v) is 56.8. The SMILES string of the molecule is CN(C)C(=O)N1C[C@@H]2CC(C#N)(CC3CCCCC3)C[C@@H]2C1.CN(C)C(=O)N1C[C@@H]2CC(C=O)(CC3CCCCC3)C[C@@H]2C1.CN(C)C(=O)N1C[C@@H]2CC(CC3CCCCC3)(C(=O)N=[N+]=[N-])C[C@@H]2C1.CN(C)C(=O)N1C[C@@H]2CC(CC3CCCCC3)(C(=O)O)C[C@@H]2C1.CN(C)C(=O)N1C[C@H]2CC(C#N)C[C@H]2C1.O=C(O)C(O)C(O)C(=O)O.[C-]#[N+][C@@H]1CCCN1C(=O)CCC1(CC2CCCCC2)C[C@H]2CN(C(=O)N(C)C)C[C@H]2C1. The average Bonchev–Trinajstić information content (AvgIpc) is 1.59. The third-order valence-corrected chi connectivity index (χ3v) is 38.4. The molecule has 0 bridgehead atoms. The van der Waals surface area contributed by atoms with Gasteiger partial charge in [0, 0.05) is 204 Å². The third-order valence-electron chi connectivity index (χ3n) is 38.4. The van der Waals surface area contributed by atoms with Crippen molar-refractivity contribution in [3.05, 3.63) is 21.9 Å². The van der Waals surface area contributed by atoms with E-state index in [2.05, 4.69) is 27.0 Å². The molecule has 11 saturated carbocycles. The molecule has 5 N–H and O–H groups in total. The molecule has 11 aliphatic carbocycles. The largest absolute Gasteiger partial charge is 0.481 e. The minimum absolute atomic E-state index is 0.0497. The second-order valence-corrected chi connectivity index (χ2v) is 50.6. The van der Waals surface area contributed by atoms with Crippen LogP contribution in [-0.2, 0) is 28.8 Å². The van der Waals surface area contributed by atoms with Gasteiger partial charge in [0.15, 0.2) is 12.2 Å². The molecule has 18 rings (SSSR count). The van der Waals surface area contributed by atoms with Crippen LogP contribution >= 0.6 is 0 Å². The van der Waals surface area contributed by atoms with Gasteiger partial charge in [-0.2, -0.15) is 10.5 Å². The van der Waals surface area contributed by atoms with E-state index in [4.69, 9.17) is 37.8 Å². The number of carboxylic acid groups (broad SMARTS) is 3. The second kappa shape index (κ2) is 52.7. The van der Waals surface area contributed by atoms with E-state index in [1.54, 1.807) is 71.7 Å². The number of carbonyl (C=O) groups is 12. The number of nitriles is 2. The molecule has 0 radical (unpaired) electrons. The lowest BCUT2D eigenvalue weighted by Gasteiger charge is -2.37. The topological polar surface area (TPSA) is 449 Å². The molecule has 7 saturated heterocycles. The number of fused-ring (bicyclic) bond motifs is 6. The molecule has 18 fully saturated rings. The Kier molecular flexibility index (Phi) is 41.7. The van der Waals surface area contributed by atoms with Crippen molar-refractivity contribution in [3.63, 3.8) is 0 Å².